The minimum atomic E-state index is -1.05. The highest BCUT2D eigenvalue weighted by atomic mass is 35.5. The van der Waals surface area contributed by atoms with Crippen LogP contribution >= 0.6 is 11.6 Å². The SMILES string of the molecule is COc1cccc(N2CCN(c3ccc(NC(=O)c4ccccc4Cl)cc3C(=O)O)CC2)c1. The number of amides is 1. The fourth-order valence-electron chi connectivity index (χ4n) is 3.92. The zero-order valence-electron chi connectivity index (χ0n) is 18.1. The van der Waals surface area contributed by atoms with E-state index in [1.54, 1.807) is 43.5 Å². The Labute approximate surface area is 197 Å². The Morgan fingerprint density at radius 3 is 2.33 bits per heavy atom. The van der Waals surface area contributed by atoms with Crippen molar-refractivity contribution < 1.29 is 19.4 Å². The predicted molar refractivity (Wildman–Crippen MR) is 130 cm³/mol. The number of anilines is 3. The highest BCUT2D eigenvalue weighted by Gasteiger charge is 2.23. The second kappa shape index (κ2) is 9.83. The number of nitrogens with one attached hydrogen (secondary N) is 1. The molecule has 0 atom stereocenters. The fourth-order valence-corrected chi connectivity index (χ4v) is 4.14. The van der Waals surface area contributed by atoms with Gasteiger partial charge in [-0.2, -0.15) is 0 Å². The Bertz CT molecular complexity index is 1180. The van der Waals surface area contributed by atoms with Crippen LogP contribution in [0.4, 0.5) is 17.1 Å². The maximum Gasteiger partial charge on any atom is 0.337 e. The number of rotatable bonds is 6. The van der Waals surface area contributed by atoms with Crippen LogP contribution in [0.25, 0.3) is 0 Å². The van der Waals surface area contributed by atoms with Gasteiger partial charge in [-0.05, 0) is 42.5 Å². The van der Waals surface area contributed by atoms with Gasteiger partial charge in [-0.3, -0.25) is 4.79 Å². The van der Waals surface area contributed by atoms with Gasteiger partial charge in [0.15, 0.2) is 0 Å². The van der Waals surface area contributed by atoms with Crippen molar-refractivity contribution in [3.8, 4) is 5.75 Å². The van der Waals surface area contributed by atoms with E-state index in [0.29, 0.717) is 35.1 Å². The van der Waals surface area contributed by atoms with Gasteiger partial charge < -0.3 is 25.0 Å². The quantitative estimate of drug-likeness (QED) is 0.552. The second-order valence-corrected chi connectivity index (χ2v) is 8.05. The third-order valence-electron chi connectivity index (χ3n) is 5.64. The van der Waals surface area contributed by atoms with Gasteiger partial charge in [-0.15, -0.1) is 0 Å². The highest BCUT2D eigenvalue weighted by Crippen LogP contribution is 2.28. The molecule has 1 amide bonds. The van der Waals surface area contributed by atoms with E-state index in [9.17, 15) is 14.7 Å². The van der Waals surface area contributed by atoms with E-state index in [-0.39, 0.29) is 5.56 Å². The van der Waals surface area contributed by atoms with Crippen LogP contribution < -0.4 is 19.9 Å². The van der Waals surface area contributed by atoms with Crippen LogP contribution in [0.5, 0.6) is 5.75 Å². The van der Waals surface area contributed by atoms with E-state index in [0.717, 1.165) is 24.5 Å². The summed E-state index contributed by atoms with van der Waals surface area (Å²) in [4.78, 5) is 28.9. The van der Waals surface area contributed by atoms with Gasteiger partial charge in [0.25, 0.3) is 5.91 Å². The van der Waals surface area contributed by atoms with Crippen LogP contribution in [0.2, 0.25) is 5.02 Å². The molecule has 0 aromatic heterocycles. The lowest BCUT2D eigenvalue weighted by Crippen LogP contribution is -2.47. The first kappa shape index (κ1) is 22.5. The summed E-state index contributed by atoms with van der Waals surface area (Å²) in [6.07, 6.45) is 0. The number of hydrogen-bond donors (Lipinski definition) is 2. The molecule has 1 aliphatic rings. The first-order chi connectivity index (χ1) is 16.0. The van der Waals surface area contributed by atoms with E-state index in [4.69, 9.17) is 16.3 Å². The van der Waals surface area contributed by atoms with Crippen LogP contribution in [-0.4, -0.2) is 50.3 Å². The lowest BCUT2D eigenvalue weighted by atomic mass is 10.1. The van der Waals surface area contributed by atoms with Gasteiger partial charge in [-0.1, -0.05) is 29.8 Å². The number of halogens is 1. The van der Waals surface area contributed by atoms with Gasteiger partial charge in [0, 0.05) is 43.6 Å². The molecule has 8 heteroatoms. The third-order valence-corrected chi connectivity index (χ3v) is 5.97. The van der Waals surface area contributed by atoms with E-state index in [1.807, 2.05) is 24.3 Å². The molecule has 33 heavy (non-hydrogen) atoms. The Hall–Kier alpha value is -3.71. The number of carbonyl (C=O) groups is 2. The standard InChI is InChI=1S/C25H24ClN3O4/c1-33-19-6-4-5-18(16-19)28-11-13-29(14-12-28)23-10-9-17(15-21(23)25(31)32)27-24(30)20-7-2-3-8-22(20)26/h2-10,15-16H,11-14H2,1H3,(H,27,30)(H,31,32). The van der Waals surface area contributed by atoms with Gasteiger partial charge >= 0.3 is 5.97 Å². The average Bonchev–Trinajstić information content (AvgIpc) is 2.84. The van der Waals surface area contributed by atoms with Crippen LogP contribution in [0.15, 0.2) is 66.7 Å². The maximum atomic E-state index is 12.6. The lowest BCUT2D eigenvalue weighted by molar-refractivity contribution is 0.0697. The van der Waals surface area contributed by atoms with Gasteiger partial charge in [0.05, 0.1) is 28.9 Å². The molecule has 2 N–H and O–H groups in total. The smallest absolute Gasteiger partial charge is 0.337 e. The Kier molecular flexibility index (Phi) is 6.70. The molecule has 0 saturated carbocycles. The number of piperazine rings is 1. The summed E-state index contributed by atoms with van der Waals surface area (Å²) in [6, 6.07) is 19.6. The summed E-state index contributed by atoms with van der Waals surface area (Å²) in [6.45, 7) is 2.83. The van der Waals surface area contributed by atoms with Crippen LogP contribution in [0.3, 0.4) is 0 Å². The van der Waals surface area contributed by atoms with E-state index < -0.39 is 11.9 Å². The van der Waals surface area contributed by atoms with Crippen molar-refractivity contribution in [2.75, 3.05) is 48.4 Å². The minimum absolute atomic E-state index is 0.141. The number of ether oxygens (including phenoxy) is 1. The molecule has 3 aromatic carbocycles. The van der Waals surface area contributed by atoms with Gasteiger partial charge in [0.1, 0.15) is 5.75 Å². The normalized spacial score (nSPS) is 13.5. The van der Waals surface area contributed by atoms with Crippen molar-refractivity contribution in [3.63, 3.8) is 0 Å². The Balaban J connectivity index is 1.49. The largest absolute Gasteiger partial charge is 0.497 e. The monoisotopic (exact) mass is 465 g/mol. The molecule has 0 radical (unpaired) electrons. The molecule has 1 heterocycles. The number of aromatic carboxylic acids is 1. The van der Waals surface area contributed by atoms with Crippen molar-refractivity contribution in [3.05, 3.63) is 82.9 Å². The Morgan fingerprint density at radius 2 is 1.64 bits per heavy atom. The molecule has 4 rings (SSSR count). The topological polar surface area (TPSA) is 82.1 Å². The van der Waals surface area contributed by atoms with Crippen molar-refractivity contribution in [1.29, 1.82) is 0 Å². The average molecular weight is 466 g/mol. The second-order valence-electron chi connectivity index (χ2n) is 7.65. The molecule has 0 bridgehead atoms. The summed E-state index contributed by atoms with van der Waals surface area (Å²) < 4.78 is 5.31. The third kappa shape index (κ3) is 5.04. The molecule has 1 aliphatic heterocycles. The number of hydrogen-bond acceptors (Lipinski definition) is 5. The van der Waals surface area contributed by atoms with Crippen molar-refractivity contribution in [1.82, 2.24) is 0 Å². The zero-order chi connectivity index (χ0) is 23.4. The van der Waals surface area contributed by atoms with E-state index in [2.05, 4.69) is 15.1 Å². The molecule has 0 unspecified atom stereocenters. The van der Waals surface area contributed by atoms with Gasteiger partial charge in [0.2, 0.25) is 0 Å². The number of nitrogens with zero attached hydrogens (tertiary/aromatic N) is 2. The van der Waals surface area contributed by atoms with E-state index >= 15 is 0 Å². The van der Waals surface area contributed by atoms with Gasteiger partial charge in [-0.25, -0.2) is 4.79 Å². The summed E-state index contributed by atoms with van der Waals surface area (Å²) in [5, 5.41) is 12.9. The summed E-state index contributed by atoms with van der Waals surface area (Å²) in [5.41, 5.74) is 2.57. The van der Waals surface area contributed by atoms with E-state index in [1.165, 1.54) is 6.07 Å². The lowest BCUT2D eigenvalue weighted by Gasteiger charge is -2.38. The fraction of sp³-hybridized carbons (Fsp3) is 0.200. The Morgan fingerprint density at radius 1 is 0.909 bits per heavy atom. The van der Waals surface area contributed by atoms with Crippen molar-refractivity contribution in [2.45, 2.75) is 0 Å². The number of carbonyl (C=O) groups excluding carboxylic acids is 1. The first-order valence-electron chi connectivity index (χ1n) is 10.5. The molecule has 3 aromatic rings. The molecular weight excluding hydrogens is 442 g/mol. The first-order valence-corrected chi connectivity index (χ1v) is 10.9. The van der Waals surface area contributed by atoms with Crippen molar-refractivity contribution in [2.24, 2.45) is 0 Å². The number of methoxy groups -OCH3 is 1. The maximum absolute atomic E-state index is 12.6. The minimum Gasteiger partial charge on any atom is -0.497 e. The number of carboxylic acid groups (broad SMARTS) is 1. The summed E-state index contributed by atoms with van der Waals surface area (Å²) in [7, 11) is 1.64. The van der Waals surface area contributed by atoms with Crippen LogP contribution in [0, 0.1) is 0 Å². The molecule has 7 nitrogen and oxygen atoms in total. The predicted octanol–water partition coefficient (Wildman–Crippen LogP) is 4.63. The summed E-state index contributed by atoms with van der Waals surface area (Å²) in [5.74, 6) is -0.636. The molecule has 170 valence electrons. The molecule has 1 saturated heterocycles. The van der Waals surface area contributed by atoms with Crippen molar-refractivity contribution >= 4 is 40.5 Å². The molecule has 0 aliphatic carbocycles. The number of carboxylic acids is 1. The summed E-state index contributed by atoms with van der Waals surface area (Å²) >= 11 is 6.09. The highest BCUT2D eigenvalue weighted by molar-refractivity contribution is 6.34. The number of benzene rings is 3. The van der Waals surface area contributed by atoms with Crippen LogP contribution in [-0.2, 0) is 0 Å². The molecule has 1 fully saturated rings. The zero-order valence-corrected chi connectivity index (χ0v) is 18.9. The molecular formula is C25H24ClN3O4. The molecule has 0 spiro atoms. The van der Waals surface area contributed by atoms with Crippen LogP contribution in [0.1, 0.15) is 20.7 Å².